The van der Waals surface area contributed by atoms with E-state index in [2.05, 4.69) is 10.2 Å². The quantitative estimate of drug-likeness (QED) is 0.547. The third-order valence-electron chi connectivity index (χ3n) is 3.14. The molecule has 0 amide bonds. The van der Waals surface area contributed by atoms with E-state index in [0.29, 0.717) is 16.4 Å². The van der Waals surface area contributed by atoms with Gasteiger partial charge in [0.1, 0.15) is 11.9 Å². The predicted octanol–water partition coefficient (Wildman–Crippen LogP) is 3.18. The van der Waals surface area contributed by atoms with Crippen LogP contribution in [0.4, 0.5) is 0 Å². The number of hydrogen-bond donors (Lipinski definition) is 0. The van der Waals surface area contributed by atoms with Crippen molar-refractivity contribution in [1.29, 1.82) is 0 Å². The fourth-order valence-corrected chi connectivity index (χ4v) is 3.06. The topological polar surface area (TPSA) is 60.9 Å². The van der Waals surface area contributed by atoms with Crippen molar-refractivity contribution in [2.75, 3.05) is 0 Å². The molecule has 3 aromatic rings. The van der Waals surface area contributed by atoms with Gasteiger partial charge in [-0.3, -0.25) is 0 Å². The molecule has 0 bridgehead atoms. The molecule has 1 aromatic carbocycles. The van der Waals surface area contributed by atoms with E-state index in [9.17, 15) is 4.79 Å². The Bertz CT molecular complexity index is 872. The molecule has 0 spiro atoms. The van der Waals surface area contributed by atoms with E-state index in [1.165, 1.54) is 17.8 Å². The summed E-state index contributed by atoms with van der Waals surface area (Å²) in [5.74, 6) is 0.591. The van der Waals surface area contributed by atoms with Crippen molar-refractivity contribution in [3.8, 4) is 0 Å². The summed E-state index contributed by atoms with van der Waals surface area (Å²) in [4.78, 5) is 11.7. The molecule has 2 heterocycles. The highest BCUT2D eigenvalue weighted by atomic mass is 35.5. The zero-order valence-electron chi connectivity index (χ0n) is 11.5. The first-order valence-electron chi connectivity index (χ1n) is 6.24. The van der Waals surface area contributed by atoms with Crippen LogP contribution in [0.5, 0.6) is 0 Å². The summed E-state index contributed by atoms with van der Waals surface area (Å²) in [6.07, 6.45) is 1.64. The van der Waals surface area contributed by atoms with E-state index in [1.807, 2.05) is 24.6 Å². The summed E-state index contributed by atoms with van der Waals surface area (Å²) in [6, 6.07) is 5.12. The third kappa shape index (κ3) is 2.82. The molecule has 0 fully saturated rings. The van der Waals surface area contributed by atoms with Crippen molar-refractivity contribution in [3.63, 3.8) is 0 Å². The predicted molar refractivity (Wildman–Crippen MR) is 82.8 cm³/mol. The van der Waals surface area contributed by atoms with Crippen LogP contribution in [0.15, 0.2) is 38.9 Å². The third-order valence-corrected chi connectivity index (χ3v) is 4.63. The lowest BCUT2D eigenvalue weighted by atomic mass is 10.1. The molecule has 0 aliphatic heterocycles. The highest BCUT2D eigenvalue weighted by Gasteiger charge is 2.10. The first-order valence-corrected chi connectivity index (χ1v) is 7.60. The van der Waals surface area contributed by atoms with Gasteiger partial charge in [0.25, 0.3) is 0 Å². The molecule has 5 nitrogen and oxygen atoms in total. The number of hydrogen-bond acceptors (Lipinski definition) is 5. The lowest BCUT2D eigenvalue weighted by Crippen LogP contribution is -2.00. The lowest BCUT2D eigenvalue weighted by molar-refractivity contribution is 0.559. The van der Waals surface area contributed by atoms with Crippen LogP contribution >= 0.6 is 23.4 Å². The van der Waals surface area contributed by atoms with Crippen LogP contribution in [0, 0.1) is 6.92 Å². The smallest absolute Gasteiger partial charge is 0.336 e. The Hall–Kier alpha value is -1.79. The van der Waals surface area contributed by atoms with Crippen LogP contribution in [-0.4, -0.2) is 14.8 Å². The molecular weight excluding hydrogens is 310 g/mol. The molecule has 0 atom stereocenters. The fraction of sp³-hybridized carbons (Fsp3) is 0.214. The highest BCUT2D eigenvalue weighted by molar-refractivity contribution is 7.98. The Labute approximate surface area is 129 Å². The second-order valence-corrected chi connectivity index (χ2v) is 6.05. The van der Waals surface area contributed by atoms with E-state index in [-0.39, 0.29) is 5.63 Å². The summed E-state index contributed by atoms with van der Waals surface area (Å²) in [5.41, 5.74) is 1.94. The first-order chi connectivity index (χ1) is 10.0. The fourth-order valence-electron chi connectivity index (χ4n) is 2.01. The minimum atomic E-state index is -0.363. The van der Waals surface area contributed by atoms with E-state index < -0.39 is 0 Å². The van der Waals surface area contributed by atoms with Gasteiger partial charge in [0.2, 0.25) is 0 Å². The normalized spacial score (nSPS) is 11.2. The Morgan fingerprint density at radius 1 is 1.38 bits per heavy atom. The number of aromatic nitrogens is 3. The van der Waals surface area contributed by atoms with E-state index in [0.717, 1.165) is 21.7 Å². The largest absolute Gasteiger partial charge is 0.423 e. The van der Waals surface area contributed by atoms with E-state index in [1.54, 1.807) is 12.4 Å². The van der Waals surface area contributed by atoms with Gasteiger partial charge in [0, 0.05) is 29.3 Å². The van der Waals surface area contributed by atoms with Crippen LogP contribution in [0.3, 0.4) is 0 Å². The van der Waals surface area contributed by atoms with Gasteiger partial charge < -0.3 is 8.98 Å². The van der Waals surface area contributed by atoms with Gasteiger partial charge >= 0.3 is 5.63 Å². The second kappa shape index (κ2) is 5.54. The van der Waals surface area contributed by atoms with Gasteiger partial charge in [-0.1, -0.05) is 23.4 Å². The number of nitrogens with zero attached hydrogens (tertiary/aromatic N) is 3. The van der Waals surface area contributed by atoms with Gasteiger partial charge in [-0.25, -0.2) is 4.79 Å². The number of benzene rings is 1. The molecule has 0 saturated heterocycles. The van der Waals surface area contributed by atoms with Gasteiger partial charge in [-0.05, 0) is 30.2 Å². The van der Waals surface area contributed by atoms with Crippen molar-refractivity contribution >= 4 is 34.3 Å². The molecule has 2 aromatic heterocycles. The Morgan fingerprint density at radius 3 is 2.90 bits per heavy atom. The van der Waals surface area contributed by atoms with Gasteiger partial charge in [0.05, 0.1) is 0 Å². The number of aryl methyl sites for hydroxylation is 2. The summed E-state index contributed by atoms with van der Waals surface area (Å²) in [7, 11) is 1.88. The van der Waals surface area contributed by atoms with Crippen LogP contribution in [0.25, 0.3) is 11.0 Å². The number of halogens is 1. The van der Waals surface area contributed by atoms with E-state index in [4.69, 9.17) is 16.0 Å². The Kier molecular flexibility index (Phi) is 3.73. The van der Waals surface area contributed by atoms with Crippen LogP contribution in [0.1, 0.15) is 11.1 Å². The van der Waals surface area contributed by atoms with Crippen LogP contribution in [0.2, 0.25) is 5.02 Å². The Balaban J connectivity index is 2.03. The van der Waals surface area contributed by atoms with Crippen LogP contribution in [-0.2, 0) is 12.8 Å². The van der Waals surface area contributed by atoms with Crippen molar-refractivity contribution < 1.29 is 4.42 Å². The van der Waals surface area contributed by atoms with Gasteiger partial charge in [-0.15, -0.1) is 10.2 Å². The zero-order valence-corrected chi connectivity index (χ0v) is 13.0. The second-order valence-electron chi connectivity index (χ2n) is 4.70. The van der Waals surface area contributed by atoms with Crippen molar-refractivity contribution in [2.45, 2.75) is 17.8 Å². The molecule has 0 aliphatic rings. The molecule has 0 aliphatic carbocycles. The van der Waals surface area contributed by atoms with E-state index >= 15 is 0 Å². The maximum atomic E-state index is 11.7. The molecule has 3 rings (SSSR count). The standard InChI is InChI=1S/C14H12ClN3O2S/c1-8-3-12-10(5-11(8)15)9(4-13(19)20-12)6-21-14-17-16-7-18(14)2/h3-5,7H,6H2,1-2H3. The monoisotopic (exact) mass is 321 g/mol. The molecule has 108 valence electrons. The van der Waals surface area contributed by atoms with Gasteiger partial charge in [-0.2, -0.15) is 0 Å². The number of rotatable bonds is 3. The molecule has 21 heavy (non-hydrogen) atoms. The summed E-state index contributed by atoms with van der Waals surface area (Å²) in [5, 5.41) is 10.1. The summed E-state index contributed by atoms with van der Waals surface area (Å²) in [6.45, 7) is 1.88. The van der Waals surface area contributed by atoms with Crippen LogP contribution < -0.4 is 5.63 Å². The number of thioether (sulfide) groups is 1. The number of fused-ring (bicyclic) bond motifs is 1. The molecule has 0 radical (unpaired) electrons. The lowest BCUT2D eigenvalue weighted by Gasteiger charge is -2.07. The maximum Gasteiger partial charge on any atom is 0.336 e. The molecule has 7 heteroatoms. The molecule has 0 saturated carbocycles. The minimum absolute atomic E-state index is 0.363. The molecular formula is C14H12ClN3O2S. The first kappa shape index (κ1) is 14.2. The van der Waals surface area contributed by atoms with Crippen molar-refractivity contribution in [1.82, 2.24) is 14.8 Å². The summed E-state index contributed by atoms with van der Waals surface area (Å²) >= 11 is 7.68. The maximum absolute atomic E-state index is 11.7. The Morgan fingerprint density at radius 2 is 2.19 bits per heavy atom. The zero-order chi connectivity index (χ0) is 15.0. The average Bonchev–Trinajstić information content (AvgIpc) is 2.83. The van der Waals surface area contributed by atoms with Crippen molar-refractivity contribution in [2.24, 2.45) is 7.05 Å². The SMILES string of the molecule is Cc1cc2oc(=O)cc(CSc3nncn3C)c2cc1Cl. The minimum Gasteiger partial charge on any atom is -0.423 e. The van der Waals surface area contributed by atoms with Gasteiger partial charge in [0.15, 0.2) is 5.16 Å². The molecule has 0 unspecified atom stereocenters. The molecule has 0 N–H and O–H groups in total. The summed E-state index contributed by atoms with van der Waals surface area (Å²) < 4.78 is 7.07. The average molecular weight is 322 g/mol. The van der Waals surface area contributed by atoms with Crippen molar-refractivity contribution in [3.05, 3.63) is 51.1 Å². The highest BCUT2D eigenvalue weighted by Crippen LogP contribution is 2.28.